The van der Waals surface area contributed by atoms with Gasteiger partial charge in [-0.1, -0.05) is 59.9 Å². The van der Waals surface area contributed by atoms with E-state index in [0.29, 0.717) is 31.7 Å². The summed E-state index contributed by atoms with van der Waals surface area (Å²) < 4.78 is 0.786. The van der Waals surface area contributed by atoms with Gasteiger partial charge in [0, 0.05) is 49.3 Å². The Morgan fingerprint density at radius 2 is 1.61 bits per heavy atom. The van der Waals surface area contributed by atoms with Gasteiger partial charge in [0.2, 0.25) is 0 Å². The number of rotatable bonds is 4. The number of fused-ring (bicyclic) bond motifs is 2. The summed E-state index contributed by atoms with van der Waals surface area (Å²) in [6, 6.07) is 24.3. The number of carbonyl (C=O) groups excluding carboxylic acids is 1. The highest BCUT2D eigenvalue weighted by Gasteiger charge is 2.26. The van der Waals surface area contributed by atoms with Crippen LogP contribution >= 0.6 is 11.3 Å². The van der Waals surface area contributed by atoms with Crippen LogP contribution in [0.3, 0.4) is 0 Å². The molecule has 1 aliphatic heterocycles. The van der Waals surface area contributed by atoms with Crippen molar-refractivity contribution in [2.45, 2.75) is 0 Å². The van der Waals surface area contributed by atoms with Crippen LogP contribution in [-0.2, 0) is 0 Å². The SMILES string of the molecule is O=C(c1cc(-c2ccccc2)nc2ccccc12)N1CCN(c2nc3ccc([N+](=O)[O-])cc3s2)CC1. The maximum atomic E-state index is 13.7. The number of non-ortho nitro benzene ring substituents is 1. The molecule has 0 aliphatic carbocycles. The summed E-state index contributed by atoms with van der Waals surface area (Å²) in [6.45, 7) is 2.41. The van der Waals surface area contributed by atoms with E-state index in [9.17, 15) is 14.9 Å². The topological polar surface area (TPSA) is 92.5 Å². The molecule has 0 unspecified atom stereocenters. The number of nitro groups is 1. The van der Waals surface area contributed by atoms with Crippen LogP contribution in [0, 0.1) is 10.1 Å². The summed E-state index contributed by atoms with van der Waals surface area (Å²) in [7, 11) is 0. The van der Waals surface area contributed by atoms with Gasteiger partial charge in [-0.05, 0) is 18.2 Å². The lowest BCUT2D eigenvalue weighted by molar-refractivity contribution is -0.384. The van der Waals surface area contributed by atoms with Gasteiger partial charge in [-0.25, -0.2) is 9.97 Å². The minimum atomic E-state index is -0.394. The van der Waals surface area contributed by atoms with Gasteiger partial charge in [-0.3, -0.25) is 14.9 Å². The van der Waals surface area contributed by atoms with Crippen molar-refractivity contribution < 1.29 is 9.72 Å². The van der Waals surface area contributed by atoms with Crippen molar-refractivity contribution in [3.63, 3.8) is 0 Å². The molecule has 36 heavy (non-hydrogen) atoms. The van der Waals surface area contributed by atoms with E-state index in [1.54, 1.807) is 12.1 Å². The number of para-hydroxylation sites is 1. The van der Waals surface area contributed by atoms with E-state index in [2.05, 4.69) is 9.88 Å². The molecular formula is C27H21N5O3S. The summed E-state index contributed by atoms with van der Waals surface area (Å²) in [4.78, 5) is 37.9. The third kappa shape index (κ3) is 4.03. The molecule has 0 radical (unpaired) electrons. The molecule has 0 bridgehead atoms. The molecule has 6 rings (SSSR count). The highest BCUT2D eigenvalue weighted by molar-refractivity contribution is 7.22. The average Bonchev–Trinajstić information content (AvgIpc) is 3.36. The molecule has 1 amide bonds. The van der Waals surface area contributed by atoms with Crippen molar-refractivity contribution in [2.75, 3.05) is 31.1 Å². The number of aromatic nitrogens is 2. The molecule has 5 aromatic rings. The second-order valence-electron chi connectivity index (χ2n) is 8.62. The zero-order chi connectivity index (χ0) is 24.6. The quantitative estimate of drug-likeness (QED) is 0.245. The van der Waals surface area contributed by atoms with Gasteiger partial charge in [0.05, 0.1) is 31.9 Å². The smallest absolute Gasteiger partial charge is 0.270 e. The minimum Gasteiger partial charge on any atom is -0.345 e. The Kier molecular flexibility index (Phi) is 5.54. The van der Waals surface area contributed by atoms with Gasteiger partial charge in [0.15, 0.2) is 5.13 Å². The number of hydrogen-bond donors (Lipinski definition) is 0. The number of hydrogen-bond acceptors (Lipinski definition) is 7. The van der Waals surface area contributed by atoms with Crippen LogP contribution in [0.1, 0.15) is 10.4 Å². The van der Waals surface area contributed by atoms with Crippen molar-refractivity contribution in [1.29, 1.82) is 0 Å². The highest BCUT2D eigenvalue weighted by atomic mass is 32.1. The summed E-state index contributed by atoms with van der Waals surface area (Å²) in [5.41, 5.74) is 4.01. The van der Waals surface area contributed by atoms with Crippen LogP contribution in [0.25, 0.3) is 32.4 Å². The van der Waals surface area contributed by atoms with Gasteiger partial charge in [-0.2, -0.15) is 0 Å². The van der Waals surface area contributed by atoms with Crippen LogP contribution in [0.4, 0.5) is 10.8 Å². The zero-order valence-electron chi connectivity index (χ0n) is 19.2. The van der Waals surface area contributed by atoms with Crippen molar-refractivity contribution in [1.82, 2.24) is 14.9 Å². The standard InChI is InChI=1S/C27H21N5O3S/c33-26(21-17-24(18-6-2-1-3-7-18)28-22-9-5-4-8-20(21)22)30-12-14-31(15-13-30)27-29-23-11-10-19(32(34)35)16-25(23)36-27/h1-11,16-17H,12-15H2. The fourth-order valence-electron chi connectivity index (χ4n) is 4.53. The summed E-state index contributed by atoms with van der Waals surface area (Å²) >= 11 is 1.44. The number of nitro benzene ring substituents is 1. The minimum absolute atomic E-state index is 0.00893. The third-order valence-corrected chi connectivity index (χ3v) is 7.50. The van der Waals surface area contributed by atoms with E-state index in [1.165, 1.54) is 17.4 Å². The predicted octanol–water partition coefficient (Wildman–Crippen LogP) is 5.38. The first kappa shape index (κ1) is 22.1. The van der Waals surface area contributed by atoms with Crippen LogP contribution in [0.15, 0.2) is 78.9 Å². The number of piperazine rings is 1. The molecular weight excluding hydrogens is 474 g/mol. The van der Waals surface area contributed by atoms with Crippen molar-refractivity contribution in [3.05, 3.63) is 94.5 Å². The van der Waals surface area contributed by atoms with Crippen molar-refractivity contribution >= 4 is 49.2 Å². The fourth-order valence-corrected chi connectivity index (χ4v) is 5.58. The molecule has 9 heteroatoms. The monoisotopic (exact) mass is 495 g/mol. The molecule has 0 saturated carbocycles. The van der Waals surface area contributed by atoms with Crippen molar-refractivity contribution in [3.8, 4) is 11.3 Å². The summed E-state index contributed by atoms with van der Waals surface area (Å²) in [6.07, 6.45) is 0. The van der Waals surface area contributed by atoms with E-state index in [4.69, 9.17) is 4.98 Å². The number of nitrogens with zero attached hydrogens (tertiary/aromatic N) is 5. The third-order valence-electron chi connectivity index (χ3n) is 6.43. The largest absolute Gasteiger partial charge is 0.345 e. The van der Waals surface area contributed by atoms with Crippen molar-refractivity contribution in [2.24, 2.45) is 0 Å². The Hall–Kier alpha value is -4.37. The molecule has 8 nitrogen and oxygen atoms in total. The molecule has 0 spiro atoms. The maximum Gasteiger partial charge on any atom is 0.270 e. The second-order valence-corrected chi connectivity index (χ2v) is 9.63. The Balaban J connectivity index is 1.25. The van der Waals surface area contributed by atoms with E-state index in [1.807, 2.05) is 65.6 Å². The number of thiazole rings is 1. The van der Waals surface area contributed by atoms with Gasteiger partial charge in [0.25, 0.3) is 11.6 Å². The molecule has 1 aliphatic rings. The van der Waals surface area contributed by atoms with E-state index in [0.717, 1.165) is 37.5 Å². The lowest BCUT2D eigenvalue weighted by atomic mass is 10.0. The summed E-state index contributed by atoms with van der Waals surface area (Å²) in [5, 5.41) is 12.8. The Morgan fingerprint density at radius 3 is 2.39 bits per heavy atom. The van der Waals surface area contributed by atoms with E-state index in [-0.39, 0.29) is 11.6 Å². The van der Waals surface area contributed by atoms with Crippen LogP contribution < -0.4 is 4.90 Å². The molecule has 2 aromatic heterocycles. The number of benzene rings is 3. The Bertz CT molecular complexity index is 1610. The average molecular weight is 496 g/mol. The number of amides is 1. The van der Waals surface area contributed by atoms with Crippen LogP contribution in [0.5, 0.6) is 0 Å². The Labute approximate surface area is 210 Å². The molecule has 1 saturated heterocycles. The van der Waals surface area contributed by atoms with Gasteiger partial charge >= 0.3 is 0 Å². The Morgan fingerprint density at radius 1 is 0.861 bits per heavy atom. The normalized spacial score (nSPS) is 13.9. The lowest BCUT2D eigenvalue weighted by Gasteiger charge is -2.34. The van der Waals surface area contributed by atoms with Crippen LogP contribution in [-0.4, -0.2) is 51.9 Å². The second kappa shape index (κ2) is 9.01. The molecule has 1 fully saturated rings. The summed E-state index contributed by atoms with van der Waals surface area (Å²) in [5.74, 6) is -0.00893. The van der Waals surface area contributed by atoms with E-state index < -0.39 is 4.92 Å². The molecule has 0 N–H and O–H groups in total. The maximum absolute atomic E-state index is 13.7. The van der Waals surface area contributed by atoms with Crippen LogP contribution in [0.2, 0.25) is 0 Å². The van der Waals surface area contributed by atoms with E-state index >= 15 is 0 Å². The number of pyridine rings is 1. The molecule has 0 atom stereocenters. The fraction of sp³-hybridized carbons (Fsp3) is 0.148. The number of carbonyl (C=O) groups is 1. The zero-order valence-corrected chi connectivity index (χ0v) is 20.0. The van der Waals surface area contributed by atoms with Gasteiger partial charge < -0.3 is 9.80 Å². The molecule has 178 valence electrons. The first-order valence-electron chi connectivity index (χ1n) is 11.6. The molecule has 3 heterocycles. The number of anilines is 1. The van der Waals surface area contributed by atoms with Gasteiger partial charge in [0.1, 0.15) is 0 Å². The molecule has 3 aromatic carbocycles. The first-order chi connectivity index (χ1) is 17.6. The highest BCUT2D eigenvalue weighted by Crippen LogP contribution is 2.32. The van der Waals surface area contributed by atoms with Gasteiger partial charge in [-0.15, -0.1) is 0 Å². The predicted molar refractivity (Wildman–Crippen MR) is 142 cm³/mol. The lowest BCUT2D eigenvalue weighted by Crippen LogP contribution is -2.48. The first-order valence-corrected chi connectivity index (χ1v) is 12.4.